The molecule has 3 nitrogen and oxygen atoms in total. The Morgan fingerprint density at radius 2 is 0.452 bits per heavy atom. The minimum Gasteiger partial charge on any atom is -0.345 e. The van der Waals surface area contributed by atoms with E-state index in [0.717, 1.165) is 18.5 Å². The molecule has 0 radical (unpaired) electrons. The molecular weight excluding hydrogens is 1630 g/mol. The second-order valence-electron chi connectivity index (χ2n) is 38.8. The monoisotopic (exact) mass is 1770 g/mol. The van der Waals surface area contributed by atoms with E-state index >= 15 is 0 Å². The fourth-order valence-corrected chi connectivity index (χ4v) is 20.0. The molecule has 16 aromatic rings. The van der Waals surface area contributed by atoms with E-state index in [1.165, 1.54) is 351 Å². The van der Waals surface area contributed by atoms with Gasteiger partial charge in [-0.05, 0) is 364 Å². The first-order valence-electron chi connectivity index (χ1n) is 51.1. The summed E-state index contributed by atoms with van der Waals surface area (Å²) in [5, 5.41) is 0. The van der Waals surface area contributed by atoms with Gasteiger partial charge in [-0.3, -0.25) is 0 Å². The zero-order valence-electron chi connectivity index (χ0n) is 81.7. The van der Waals surface area contributed by atoms with Gasteiger partial charge in [0.05, 0.1) is 0 Å². The molecule has 19 rings (SSSR count). The summed E-state index contributed by atoms with van der Waals surface area (Å²) in [6.07, 6.45) is 36.0. The van der Waals surface area contributed by atoms with Crippen LogP contribution >= 0.6 is 0 Å². The van der Waals surface area contributed by atoms with Crippen molar-refractivity contribution in [2.24, 2.45) is 0 Å². The van der Waals surface area contributed by atoms with Crippen molar-refractivity contribution in [1.82, 2.24) is 0 Å². The average molecular weight is 1770 g/mol. The standard InChI is InChI=1S/C50H61N.C46H37N.C36H41N/c1-5-7-9-11-13-15-18-45-37-50(46(19-16-14-12-10-8-6-2)36-49(45)40-24-22-38(3)23-25-40)41-30-32-47(33-31-41)51(4)48-21-17-20-42(35-48)44-29-27-39-26-28-43(39)34-44;1-32-14-16-35(17-15-32)42-28-43(30-44(29-42)38-11-6-10-37(26-38)33-8-4-3-5-9-33)36-22-24-45(25-23-36)47(2)46-13-7-12-39(31-46)41-21-19-34-18-20-40(34)27-41;1-28-14-17-31(18-15-28)32-22-24-35(25-23-32)37(2)36-13-9-12-29(27-36)10-7-5-3-4-6-8-11-30-16-19-33-20-21-34(33)26-30/h17,20-25,27,29-37H,5-16,18-19,26,28H2,1-4H3;3-17,19,21-31H,18,20H2,1-2H3;9,12-19,22-27H,3-8,10-11,20-21H2,1-2H3. The SMILES string of the molecule is CCCCCCCCc1cc(-c2ccc(N(C)c3cccc(-c4ccc5c(c4)CC5)c3)cc2)c(CCCCCCCC)cc1-c1ccc(C)cc1.Cc1ccc(-c2cc(-c3ccc(N(C)c4cccc(-c5ccc6c(c5)CC6)c4)cc3)cc(-c3cccc(-c4ccccc4)c3)c2)cc1.Cc1ccc(-c2ccc(N(C)c3cccc(CCCCCCCCc4ccc5c(c4)CC5)c3)cc2)cc1. The molecule has 0 fully saturated rings. The molecule has 0 atom stereocenters. The summed E-state index contributed by atoms with van der Waals surface area (Å²) in [5.41, 5.74) is 49.3. The third-order valence-electron chi connectivity index (χ3n) is 29.0. The minimum atomic E-state index is 1.13. The van der Waals surface area contributed by atoms with E-state index in [0.29, 0.717) is 0 Å². The van der Waals surface area contributed by atoms with Crippen LogP contribution < -0.4 is 14.7 Å². The van der Waals surface area contributed by atoms with Gasteiger partial charge in [0.15, 0.2) is 0 Å². The first kappa shape index (κ1) is 93.7. The lowest BCUT2D eigenvalue weighted by Crippen LogP contribution is -2.09. The fraction of sp³-hybridized carbons (Fsp3) is 0.273. The highest BCUT2D eigenvalue weighted by Crippen LogP contribution is 2.42. The molecule has 0 bridgehead atoms. The normalized spacial score (nSPS) is 12.0. The molecule has 0 saturated carbocycles. The Balaban J connectivity index is 0.000000142. The van der Waals surface area contributed by atoms with Crippen LogP contribution in [0, 0.1) is 20.8 Å². The molecule has 0 N–H and O–H groups in total. The van der Waals surface area contributed by atoms with Gasteiger partial charge in [0, 0.05) is 55.3 Å². The summed E-state index contributed by atoms with van der Waals surface area (Å²) in [5.74, 6) is 0. The lowest BCUT2D eigenvalue weighted by Gasteiger charge is -2.22. The number of hydrogen-bond donors (Lipinski definition) is 0. The van der Waals surface area contributed by atoms with E-state index in [9.17, 15) is 0 Å². The van der Waals surface area contributed by atoms with Gasteiger partial charge < -0.3 is 14.7 Å². The van der Waals surface area contributed by atoms with Gasteiger partial charge in [0.25, 0.3) is 0 Å². The first-order valence-corrected chi connectivity index (χ1v) is 51.1. The van der Waals surface area contributed by atoms with Gasteiger partial charge in [-0.15, -0.1) is 0 Å². The van der Waals surface area contributed by atoms with Gasteiger partial charge in [-0.2, -0.15) is 0 Å². The molecule has 16 aromatic carbocycles. The number of unbranched alkanes of at least 4 members (excludes halogenated alkanes) is 15. The zero-order chi connectivity index (χ0) is 92.6. The zero-order valence-corrected chi connectivity index (χ0v) is 81.7. The second-order valence-corrected chi connectivity index (χ2v) is 38.8. The van der Waals surface area contributed by atoms with Crippen LogP contribution in [0.1, 0.15) is 202 Å². The number of hydrogen-bond acceptors (Lipinski definition) is 3. The largest absolute Gasteiger partial charge is 0.345 e. The van der Waals surface area contributed by atoms with E-state index < -0.39 is 0 Å². The topological polar surface area (TPSA) is 9.72 Å². The van der Waals surface area contributed by atoms with Crippen LogP contribution in [-0.4, -0.2) is 21.1 Å². The van der Waals surface area contributed by atoms with Gasteiger partial charge in [0.1, 0.15) is 0 Å². The molecule has 135 heavy (non-hydrogen) atoms. The van der Waals surface area contributed by atoms with E-state index in [2.05, 4.69) is 428 Å². The minimum absolute atomic E-state index is 1.13. The van der Waals surface area contributed by atoms with Crippen molar-refractivity contribution in [1.29, 1.82) is 0 Å². The maximum atomic E-state index is 2.57. The molecule has 0 spiro atoms. The van der Waals surface area contributed by atoms with Crippen LogP contribution in [-0.2, 0) is 64.2 Å². The molecule has 3 aliphatic carbocycles. The van der Waals surface area contributed by atoms with Crippen molar-refractivity contribution < 1.29 is 0 Å². The second kappa shape index (κ2) is 46.2. The Morgan fingerprint density at radius 1 is 0.178 bits per heavy atom. The highest BCUT2D eigenvalue weighted by Gasteiger charge is 2.21. The molecule has 3 aliphatic rings. The Bertz CT molecular complexity index is 6550. The summed E-state index contributed by atoms with van der Waals surface area (Å²) in [6, 6.07) is 134. The summed E-state index contributed by atoms with van der Waals surface area (Å²) < 4.78 is 0. The van der Waals surface area contributed by atoms with E-state index in [4.69, 9.17) is 0 Å². The Morgan fingerprint density at radius 3 is 0.852 bits per heavy atom. The Labute approximate surface area is 809 Å². The Hall–Kier alpha value is -13.1. The van der Waals surface area contributed by atoms with Gasteiger partial charge in [0.2, 0.25) is 0 Å². The number of anilines is 6. The molecule has 682 valence electrons. The van der Waals surface area contributed by atoms with E-state index in [1.807, 2.05) is 0 Å². The van der Waals surface area contributed by atoms with Crippen LogP contribution in [0.4, 0.5) is 34.1 Å². The molecule has 0 unspecified atom stereocenters. The smallest absolute Gasteiger partial charge is 0.0414 e. The number of fused-ring (bicyclic) bond motifs is 3. The van der Waals surface area contributed by atoms with Crippen molar-refractivity contribution in [2.75, 3.05) is 35.8 Å². The summed E-state index contributed by atoms with van der Waals surface area (Å²) >= 11 is 0. The lowest BCUT2D eigenvalue weighted by atomic mass is 9.86. The van der Waals surface area contributed by atoms with Crippen LogP contribution in [0.5, 0.6) is 0 Å². The van der Waals surface area contributed by atoms with Gasteiger partial charge in [-0.1, -0.05) is 381 Å². The van der Waals surface area contributed by atoms with Crippen molar-refractivity contribution in [3.8, 4) is 100 Å². The first-order chi connectivity index (χ1) is 66.3. The number of nitrogens with zero attached hydrogens (tertiary/aromatic N) is 3. The van der Waals surface area contributed by atoms with Crippen molar-refractivity contribution >= 4 is 34.1 Å². The maximum absolute atomic E-state index is 2.57. The van der Waals surface area contributed by atoms with Crippen molar-refractivity contribution in [3.05, 3.63) is 430 Å². The molecule has 0 heterocycles. The molecular formula is C132H139N3. The maximum Gasteiger partial charge on any atom is 0.0414 e. The van der Waals surface area contributed by atoms with E-state index in [1.54, 1.807) is 16.7 Å². The van der Waals surface area contributed by atoms with Crippen LogP contribution in [0.25, 0.3) is 100 Å². The number of benzene rings is 16. The average Bonchev–Trinajstić information content (AvgIpc) is 0.785. The van der Waals surface area contributed by atoms with Gasteiger partial charge >= 0.3 is 0 Å². The predicted octanol–water partition coefficient (Wildman–Crippen LogP) is 36.5. The summed E-state index contributed by atoms with van der Waals surface area (Å²) in [7, 11) is 6.52. The third kappa shape index (κ3) is 24.6. The summed E-state index contributed by atoms with van der Waals surface area (Å²) in [6.45, 7) is 11.1. The van der Waals surface area contributed by atoms with Crippen LogP contribution in [0.3, 0.4) is 0 Å². The highest BCUT2D eigenvalue weighted by atomic mass is 15.1. The fourth-order valence-electron chi connectivity index (χ4n) is 20.0. The molecule has 3 heteroatoms. The summed E-state index contributed by atoms with van der Waals surface area (Å²) in [4.78, 5) is 6.90. The van der Waals surface area contributed by atoms with Crippen molar-refractivity contribution in [3.63, 3.8) is 0 Å². The van der Waals surface area contributed by atoms with Gasteiger partial charge in [-0.25, -0.2) is 0 Å². The lowest BCUT2D eigenvalue weighted by molar-refractivity contribution is 0.593. The van der Waals surface area contributed by atoms with Crippen molar-refractivity contribution in [2.45, 2.75) is 214 Å². The van der Waals surface area contributed by atoms with E-state index in [-0.39, 0.29) is 0 Å². The molecule has 0 amide bonds. The molecule has 0 saturated heterocycles. The Kier molecular flexibility index (Phi) is 32.1. The number of rotatable bonds is 38. The predicted molar refractivity (Wildman–Crippen MR) is 584 cm³/mol. The quantitative estimate of drug-likeness (QED) is 0.0357. The van der Waals surface area contributed by atoms with Crippen LogP contribution in [0.15, 0.2) is 358 Å². The third-order valence-corrected chi connectivity index (χ3v) is 29.0. The highest BCUT2D eigenvalue weighted by molar-refractivity contribution is 5.85. The molecule has 0 aromatic heterocycles. The number of aryl methyl sites for hydroxylation is 13. The van der Waals surface area contributed by atoms with Crippen LogP contribution in [0.2, 0.25) is 0 Å². The molecule has 0 aliphatic heterocycles.